The van der Waals surface area contributed by atoms with E-state index in [1.807, 2.05) is 12.1 Å². The third kappa shape index (κ3) is 2.56. The Balaban J connectivity index is 1.93. The maximum absolute atomic E-state index is 4.65. The Morgan fingerprint density at radius 2 is 1.95 bits per heavy atom. The highest BCUT2D eigenvalue weighted by Crippen LogP contribution is 2.21. The van der Waals surface area contributed by atoms with Gasteiger partial charge in [-0.1, -0.05) is 24.3 Å². The first kappa shape index (κ1) is 12.0. The summed E-state index contributed by atoms with van der Waals surface area (Å²) in [6, 6.07) is 8.21. The number of hydrogen-bond donors (Lipinski definition) is 1. The van der Waals surface area contributed by atoms with Gasteiger partial charge in [-0.3, -0.25) is 0 Å². The van der Waals surface area contributed by atoms with Gasteiger partial charge in [0.15, 0.2) is 0 Å². The molecule has 0 bridgehead atoms. The molecule has 1 saturated heterocycles. The van der Waals surface area contributed by atoms with Gasteiger partial charge in [-0.25, -0.2) is 4.98 Å². The fraction of sp³-hybridized carbons (Fsp3) is 0.357. The zero-order chi connectivity index (χ0) is 13.1. The number of piperazine rings is 1. The van der Waals surface area contributed by atoms with E-state index in [-0.39, 0.29) is 0 Å². The van der Waals surface area contributed by atoms with E-state index < -0.39 is 0 Å². The van der Waals surface area contributed by atoms with Crippen molar-refractivity contribution in [2.45, 2.75) is 6.92 Å². The normalized spacial score (nSPS) is 15.5. The summed E-state index contributed by atoms with van der Waals surface area (Å²) in [6.07, 6.45) is 1.73. The molecule has 19 heavy (non-hydrogen) atoms. The van der Waals surface area contributed by atoms with Crippen LogP contribution in [0.15, 0.2) is 30.5 Å². The lowest BCUT2D eigenvalue weighted by molar-refractivity contribution is 0.577. The smallest absolute Gasteiger partial charge is 0.245 e. The summed E-state index contributed by atoms with van der Waals surface area (Å²) in [5.74, 6) is 0.724. The first-order chi connectivity index (χ1) is 9.34. The first-order valence-corrected chi connectivity index (χ1v) is 6.56. The van der Waals surface area contributed by atoms with E-state index in [2.05, 4.69) is 44.5 Å². The number of aromatic nitrogens is 3. The van der Waals surface area contributed by atoms with E-state index in [0.717, 1.165) is 43.4 Å². The summed E-state index contributed by atoms with van der Waals surface area (Å²) in [6.45, 7) is 5.88. The van der Waals surface area contributed by atoms with E-state index in [1.54, 1.807) is 6.20 Å². The SMILES string of the molecule is Cc1ccccc1-c1cnnc(N2CCNCC2)n1. The lowest BCUT2D eigenvalue weighted by atomic mass is 10.1. The molecule has 0 unspecified atom stereocenters. The van der Waals surface area contributed by atoms with Gasteiger partial charge in [-0.05, 0) is 12.5 Å². The van der Waals surface area contributed by atoms with Gasteiger partial charge in [0, 0.05) is 31.7 Å². The van der Waals surface area contributed by atoms with Crippen LogP contribution in [0.5, 0.6) is 0 Å². The summed E-state index contributed by atoms with van der Waals surface area (Å²) in [5, 5.41) is 11.6. The maximum Gasteiger partial charge on any atom is 0.245 e. The number of benzene rings is 1. The van der Waals surface area contributed by atoms with Crippen LogP contribution in [-0.4, -0.2) is 41.4 Å². The van der Waals surface area contributed by atoms with Crippen molar-refractivity contribution in [3.05, 3.63) is 36.0 Å². The van der Waals surface area contributed by atoms with Crippen LogP contribution in [0.25, 0.3) is 11.3 Å². The van der Waals surface area contributed by atoms with Crippen molar-refractivity contribution >= 4 is 5.95 Å². The molecule has 1 fully saturated rings. The molecule has 5 heteroatoms. The first-order valence-electron chi connectivity index (χ1n) is 6.56. The largest absolute Gasteiger partial charge is 0.337 e. The highest BCUT2D eigenvalue weighted by Gasteiger charge is 2.14. The molecule has 3 rings (SSSR count). The molecule has 2 aromatic rings. The third-order valence-electron chi connectivity index (χ3n) is 3.37. The van der Waals surface area contributed by atoms with Crippen LogP contribution in [0.1, 0.15) is 5.56 Å². The van der Waals surface area contributed by atoms with Gasteiger partial charge in [-0.2, -0.15) is 5.10 Å². The van der Waals surface area contributed by atoms with Crippen molar-refractivity contribution in [2.24, 2.45) is 0 Å². The van der Waals surface area contributed by atoms with E-state index >= 15 is 0 Å². The number of rotatable bonds is 2. The molecule has 1 aromatic carbocycles. The average molecular weight is 255 g/mol. The van der Waals surface area contributed by atoms with Crippen molar-refractivity contribution in [3.8, 4) is 11.3 Å². The fourth-order valence-electron chi connectivity index (χ4n) is 2.28. The second-order valence-corrected chi connectivity index (χ2v) is 4.69. The number of anilines is 1. The van der Waals surface area contributed by atoms with E-state index in [9.17, 15) is 0 Å². The average Bonchev–Trinajstić information content (AvgIpc) is 2.49. The van der Waals surface area contributed by atoms with Crippen LogP contribution in [-0.2, 0) is 0 Å². The Bertz CT molecular complexity index is 563. The molecule has 0 radical (unpaired) electrons. The molecular formula is C14H17N5. The molecule has 1 aromatic heterocycles. The Labute approximate surface area is 112 Å². The molecule has 5 nitrogen and oxygen atoms in total. The standard InChI is InChI=1S/C14H17N5/c1-11-4-2-3-5-12(11)13-10-16-18-14(17-13)19-8-6-15-7-9-19/h2-5,10,15H,6-9H2,1H3. The van der Waals surface area contributed by atoms with Crippen LogP contribution in [0.4, 0.5) is 5.95 Å². The zero-order valence-electron chi connectivity index (χ0n) is 11.0. The number of nitrogens with zero attached hydrogens (tertiary/aromatic N) is 4. The Kier molecular flexibility index (Phi) is 3.37. The third-order valence-corrected chi connectivity index (χ3v) is 3.37. The van der Waals surface area contributed by atoms with E-state index in [1.165, 1.54) is 5.56 Å². The van der Waals surface area contributed by atoms with Gasteiger partial charge in [-0.15, -0.1) is 5.10 Å². The minimum Gasteiger partial charge on any atom is -0.337 e. The van der Waals surface area contributed by atoms with Crippen molar-refractivity contribution in [1.82, 2.24) is 20.5 Å². The molecule has 1 aliphatic rings. The van der Waals surface area contributed by atoms with Gasteiger partial charge < -0.3 is 10.2 Å². The van der Waals surface area contributed by atoms with E-state index in [4.69, 9.17) is 0 Å². The van der Waals surface area contributed by atoms with Gasteiger partial charge >= 0.3 is 0 Å². The lowest BCUT2D eigenvalue weighted by Crippen LogP contribution is -2.44. The summed E-state index contributed by atoms with van der Waals surface area (Å²) in [7, 11) is 0. The summed E-state index contributed by atoms with van der Waals surface area (Å²) in [4.78, 5) is 6.82. The predicted molar refractivity (Wildman–Crippen MR) is 75.1 cm³/mol. The van der Waals surface area contributed by atoms with Gasteiger partial charge in [0.2, 0.25) is 5.95 Å². The number of nitrogens with one attached hydrogen (secondary N) is 1. The van der Waals surface area contributed by atoms with Crippen LogP contribution < -0.4 is 10.2 Å². The van der Waals surface area contributed by atoms with Crippen LogP contribution in [0, 0.1) is 6.92 Å². The molecule has 98 valence electrons. The fourth-order valence-corrected chi connectivity index (χ4v) is 2.28. The van der Waals surface area contributed by atoms with Crippen molar-refractivity contribution in [1.29, 1.82) is 0 Å². The second kappa shape index (κ2) is 5.32. The Hall–Kier alpha value is -2.01. The molecule has 0 aliphatic carbocycles. The Morgan fingerprint density at radius 3 is 2.74 bits per heavy atom. The maximum atomic E-state index is 4.65. The molecule has 2 heterocycles. The van der Waals surface area contributed by atoms with Gasteiger partial charge in [0.25, 0.3) is 0 Å². The summed E-state index contributed by atoms with van der Waals surface area (Å²) >= 11 is 0. The predicted octanol–water partition coefficient (Wildman–Crippen LogP) is 1.26. The summed E-state index contributed by atoms with van der Waals surface area (Å²) in [5.41, 5.74) is 3.21. The molecule has 0 saturated carbocycles. The minimum absolute atomic E-state index is 0.724. The van der Waals surface area contributed by atoms with Gasteiger partial charge in [0.05, 0.1) is 11.9 Å². The van der Waals surface area contributed by atoms with E-state index in [0.29, 0.717) is 0 Å². The second-order valence-electron chi connectivity index (χ2n) is 4.69. The number of aryl methyl sites for hydroxylation is 1. The monoisotopic (exact) mass is 255 g/mol. The summed E-state index contributed by atoms with van der Waals surface area (Å²) < 4.78 is 0. The Morgan fingerprint density at radius 1 is 1.16 bits per heavy atom. The highest BCUT2D eigenvalue weighted by molar-refractivity contribution is 5.63. The highest BCUT2D eigenvalue weighted by atomic mass is 15.3. The van der Waals surface area contributed by atoms with Crippen LogP contribution in [0.3, 0.4) is 0 Å². The van der Waals surface area contributed by atoms with Gasteiger partial charge in [0.1, 0.15) is 0 Å². The quantitative estimate of drug-likeness (QED) is 0.875. The van der Waals surface area contributed by atoms with Crippen LogP contribution >= 0.6 is 0 Å². The molecular weight excluding hydrogens is 238 g/mol. The molecule has 0 atom stereocenters. The minimum atomic E-state index is 0.724. The van der Waals surface area contributed by atoms with Crippen molar-refractivity contribution < 1.29 is 0 Å². The topological polar surface area (TPSA) is 53.9 Å². The van der Waals surface area contributed by atoms with Crippen molar-refractivity contribution in [3.63, 3.8) is 0 Å². The van der Waals surface area contributed by atoms with Crippen molar-refractivity contribution in [2.75, 3.05) is 31.1 Å². The number of hydrogen-bond acceptors (Lipinski definition) is 5. The molecule has 1 aliphatic heterocycles. The molecule has 0 spiro atoms. The molecule has 1 N–H and O–H groups in total. The zero-order valence-corrected chi connectivity index (χ0v) is 11.0. The molecule has 0 amide bonds. The lowest BCUT2D eigenvalue weighted by Gasteiger charge is -2.27. The van der Waals surface area contributed by atoms with Crippen LogP contribution in [0.2, 0.25) is 0 Å².